The summed E-state index contributed by atoms with van der Waals surface area (Å²) in [6, 6.07) is 9.60. The lowest BCUT2D eigenvalue weighted by molar-refractivity contribution is -0.142. The summed E-state index contributed by atoms with van der Waals surface area (Å²) in [4.78, 5) is 12.4. The Morgan fingerprint density at radius 2 is 1.43 bits per heavy atom. The summed E-state index contributed by atoms with van der Waals surface area (Å²) in [5, 5.41) is 0. The Bertz CT molecular complexity index is 283. The molecule has 0 aliphatic heterocycles. The number of alkyl halides is 1. The normalized spacial score (nSPS) is 7.95. The Kier molecular flexibility index (Phi) is 29.5. The van der Waals surface area contributed by atoms with Gasteiger partial charge in [0.2, 0.25) is 0 Å². The Labute approximate surface area is 145 Å². The van der Waals surface area contributed by atoms with E-state index >= 15 is 0 Å². The second-order valence-corrected chi connectivity index (χ2v) is 3.97. The number of unbranched alkanes of at least 4 members (excludes halogenated alkanes) is 3. The number of hydrogen-bond donors (Lipinski definition) is 0. The number of carbonyl (C=O) groups is 1. The topological polar surface area (TPSA) is 26.3 Å². The molecule has 0 spiro atoms. The molecule has 3 heteroatoms. The van der Waals surface area contributed by atoms with Crippen molar-refractivity contribution in [3.63, 3.8) is 0 Å². The molecule has 1 rings (SSSR count). The van der Waals surface area contributed by atoms with E-state index in [2.05, 4.69) is 36.4 Å². The van der Waals surface area contributed by atoms with Crippen molar-refractivity contribution < 1.29 is 9.53 Å². The quantitative estimate of drug-likeness (QED) is 0.243. The van der Waals surface area contributed by atoms with Crippen LogP contribution in [-0.4, -0.2) is 10.9 Å². The third-order valence-corrected chi connectivity index (χ3v) is 2.24. The van der Waals surface area contributed by atoms with Gasteiger partial charge in [0.05, 0.1) is 0 Å². The number of hydrogen-bond acceptors (Lipinski definition) is 2. The average Bonchev–Trinajstić information content (AvgIpc) is 2.56. The molecule has 0 unspecified atom stereocenters. The van der Waals surface area contributed by atoms with Crippen molar-refractivity contribution in [1.82, 2.24) is 0 Å². The van der Waals surface area contributed by atoms with Gasteiger partial charge < -0.3 is 4.74 Å². The van der Waals surface area contributed by atoms with Crippen molar-refractivity contribution in [2.45, 2.75) is 66.9 Å². The lowest BCUT2D eigenvalue weighted by Gasteiger charge is -1.99. The van der Waals surface area contributed by atoms with Crippen LogP contribution in [0.1, 0.15) is 65.9 Å². The summed E-state index contributed by atoms with van der Waals surface area (Å²) >= 11 is 2.15. The Balaban J connectivity index is -0.000000277. The zero-order chi connectivity index (χ0) is 16.9. The minimum atomic E-state index is -0.242. The molecule has 0 heterocycles. The number of ether oxygens (including phenoxy) is 1. The van der Waals surface area contributed by atoms with Crippen LogP contribution >= 0.6 is 22.6 Å². The molecule has 0 saturated carbocycles. The molecule has 1 aromatic carbocycles. The van der Waals surface area contributed by atoms with Crippen LogP contribution in [0.15, 0.2) is 30.3 Å². The lowest BCUT2D eigenvalue weighted by Crippen LogP contribution is -1.97. The fraction of sp³-hybridized carbons (Fsp3) is 0.611. The minimum Gasteiger partial charge on any atom is -0.461 e. The van der Waals surface area contributed by atoms with E-state index in [9.17, 15) is 4.79 Å². The van der Waals surface area contributed by atoms with Crippen LogP contribution in [-0.2, 0) is 16.1 Å². The van der Waals surface area contributed by atoms with E-state index in [-0.39, 0.29) is 5.97 Å². The zero-order valence-electron chi connectivity index (χ0n) is 14.6. The summed E-state index contributed by atoms with van der Waals surface area (Å²) < 4.78 is 4.79. The summed E-state index contributed by atoms with van der Waals surface area (Å²) in [7, 11) is 0. The molecule has 0 fully saturated rings. The second kappa shape index (κ2) is 24.4. The van der Waals surface area contributed by atoms with E-state index in [0.717, 1.165) is 5.56 Å². The highest BCUT2D eigenvalue weighted by Gasteiger charge is 1.93. The van der Waals surface area contributed by atoms with Gasteiger partial charge in [-0.15, -0.1) is 0 Å². The van der Waals surface area contributed by atoms with Crippen molar-refractivity contribution in [3.8, 4) is 0 Å². The van der Waals surface area contributed by atoms with Crippen LogP contribution in [0.3, 0.4) is 0 Å². The molecule has 124 valence electrons. The van der Waals surface area contributed by atoms with Crippen LogP contribution in [0.2, 0.25) is 0 Å². The van der Waals surface area contributed by atoms with Gasteiger partial charge in [0, 0.05) is 6.92 Å². The number of esters is 1. The molecular weight excluding hydrogens is 375 g/mol. The molecule has 0 radical (unpaired) electrons. The predicted molar refractivity (Wildman–Crippen MR) is 103 cm³/mol. The van der Waals surface area contributed by atoms with E-state index < -0.39 is 0 Å². The van der Waals surface area contributed by atoms with Crippen molar-refractivity contribution in [3.05, 3.63) is 35.9 Å². The molecule has 0 atom stereocenters. The second-order valence-electron chi connectivity index (χ2n) is 3.97. The maximum atomic E-state index is 10.4. The average molecular weight is 408 g/mol. The van der Waals surface area contributed by atoms with Gasteiger partial charge in [-0.1, -0.05) is 106 Å². The fourth-order valence-electron chi connectivity index (χ4n) is 1.26. The highest BCUT2D eigenvalue weighted by atomic mass is 127. The van der Waals surface area contributed by atoms with Crippen LogP contribution in [0, 0.1) is 0 Å². The van der Waals surface area contributed by atoms with E-state index in [1.54, 1.807) is 0 Å². The van der Waals surface area contributed by atoms with Gasteiger partial charge in [0.1, 0.15) is 6.61 Å². The minimum absolute atomic E-state index is 0.242. The lowest BCUT2D eigenvalue weighted by atomic mass is 10.2. The molecular formula is C18H33IO2. The van der Waals surface area contributed by atoms with Gasteiger partial charge in [-0.3, -0.25) is 4.79 Å². The van der Waals surface area contributed by atoms with Gasteiger partial charge in [-0.05, 0) is 10.5 Å². The van der Waals surface area contributed by atoms with Crippen LogP contribution in [0.25, 0.3) is 0 Å². The van der Waals surface area contributed by atoms with Gasteiger partial charge >= 0.3 is 5.97 Å². The van der Waals surface area contributed by atoms with Gasteiger partial charge in [0.15, 0.2) is 0 Å². The molecule has 0 amide bonds. The van der Waals surface area contributed by atoms with E-state index in [1.165, 1.54) is 32.6 Å². The maximum absolute atomic E-state index is 10.4. The Hall–Kier alpha value is -0.580. The number of halogens is 1. The first-order chi connectivity index (χ1) is 10.2. The number of benzene rings is 1. The largest absolute Gasteiger partial charge is 0.461 e. The molecule has 21 heavy (non-hydrogen) atoms. The number of rotatable bonds is 5. The molecule has 0 aliphatic rings. The zero-order valence-corrected chi connectivity index (χ0v) is 16.8. The standard InChI is InChI=1S/C9H10O2.C6H14.C2H6.CH3I/c1-8(10)11-7-9-5-3-2-4-6-9;1-3-5-6-4-2;2*1-2/h2-6H,7H2,1H3;3-6H2,1-2H3;1-2H3;1H3. The number of carbonyl (C=O) groups excluding carboxylic acids is 1. The van der Waals surface area contributed by atoms with Crippen molar-refractivity contribution in [2.75, 3.05) is 4.93 Å². The highest BCUT2D eigenvalue weighted by molar-refractivity contribution is 14.1. The first-order valence-corrected chi connectivity index (χ1v) is 9.91. The SMILES string of the molecule is CC.CC(=O)OCc1ccccc1.CCCCCC.CI. The van der Waals surface area contributed by atoms with E-state index in [0.29, 0.717) is 6.61 Å². The van der Waals surface area contributed by atoms with Gasteiger partial charge in [0.25, 0.3) is 0 Å². The Morgan fingerprint density at radius 3 is 1.76 bits per heavy atom. The monoisotopic (exact) mass is 408 g/mol. The predicted octanol–water partition coefficient (Wildman–Crippen LogP) is 6.41. The third kappa shape index (κ3) is 24.8. The first kappa shape index (κ1) is 25.4. The van der Waals surface area contributed by atoms with Crippen LogP contribution in [0.4, 0.5) is 0 Å². The molecule has 0 bridgehead atoms. The summed E-state index contributed by atoms with van der Waals surface area (Å²) in [6.45, 7) is 10.2. The van der Waals surface area contributed by atoms with Gasteiger partial charge in [-0.2, -0.15) is 0 Å². The highest BCUT2D eigenvalue weighted by Crippen LogP contribution is 1.99. The summed E-state index contributed by atoms with van der Waals surface area (Å²) in [6.07, 6.45) is 5.54. The molecule has 0 N–H and O–H groups in total. The van der Waals surface area contributed by atoms with Crippen molar-refractivity contribution in [1.29, 1.82) is 0 Å². The van der Waals surface area contributed by atoms with Crippen LogP contribution < -0.4 is 0 Å². The van der Waals surface area contributed by atoms with E-state index in [4.69, 9.17) is 4.74 Å². The molecule has 2 nitrogen and oxygen atoms in total. The molecule has 0 saturated heterocycles. The maximum Gasteiger partial charge on any atom is 0.302 e. The molecule has 0 aliphatic carbocycles. The first-order valence-electron chi connectivity index (χ1n) is 7.75. The summed E-state index contributed by atoms with van der Waals surface area (Å²) in [5.41, 5.74) is 1.02. The van der Waals surface area contributed by atoms with Crippen LogP contribution in [0.5, 0.6) is 0 Å². The van der Waals surface area contributed by atoms with E-state index in [1.807, 2.05) is 49.1 Å². The molecule has 1 aromatic rings. The smallest absolute Gasteiger partial charge is 0.302 e. The fourth-order valence-corrected chi connectivity index (χ4v) is 1.26. The molecule has 0 aromatic heterocycles. The van der Waals surface area contributed by atoms with Crippen molar-refractivity contribution in [2.24, 2.45) is 0 Å². The Morgan fingerprint density at radius 1 is 1.00 bits per heavy atom. The van der Waals surface area contributed by atoms with Crippen molar-refractivity contribution >= 4 is 28.6 Å². The van der Waals surface area contributed by atoms with Gasteiger partial charge in [-0.25, -0.2) is 0 Å². The summed E-state index contributed by atoms with van der Waals surface area (Å²) in [5.74, 6) is -0.242. The third-order valence-electron chi connectivity index (χ3n) is 2.24.